The van der Waals surface area contributed by atoms with Crippen LogP contribution in [0, 0.1) is 5.92 Å². The Balaban J connectivity index is 1.53. The number of hydrogen-bond donors (Lipinski definition) is 4. The van der Waals surface area contributed by atoms with Crippen LogP contribution in [0.5, 0.6) is 0 Å². The first-order valence-corrected chi connectivity index (χ1v) is 11.5. The molecular formula is C22H29N3O5S. The van der Waals surface area contributed by atoms with E-state index in [0.717, 1.165) is 29.3 Å². The Kier molecular flexibility index (Phi) is 8.39. The smallest absolute Gasteiger partial charge is 0.262 e. The number of likely N-dealkylation sites (tertiary alicyclic amines) is 1. The third-order valence-electron chi connectivity index (χ3n) is 5.74. The van der Waals surface area contributed by atoms with Crippen molar-refractivity contribution in [2.24, 2.45) is 5.92 Å². The number of thiophene rings is 1. The molecule has 0 aliphatic carbocycles. The van der Waals surface area contributed by atoms with Crippen molar-refractivity contribution in [3.8, 4) is 0 Å². The third-order valence-corrected chi connectivity index (χ3v) is 6.85. The molecule has 3 amide bonds. The molecule has 1 fully saturated rings. The molecule has 1 atom stereocenters. The Bertz CT molecular complexity index is 874. The summed E-state index contributed by atoms with van der Waals surface area (Å²) >= 11 is 1.38. The number of hydroxylamine groups is 1. The first kappa shape index (κ1) is 23.2. The minimum atomic E-state index is -0.757. The molecule has 0 saturated carbocycles. The lowest BCUT2D eigenvalue weighted by atomic mass is 9.91. The molecule has 3 rings (SSSR count). The molecule has 0 spiro atoms. The predicted molar refractivity (Wildman–Crippen MR) is 118 cm³/mol. The van der Waals surface area contributed by atoms with Crippen molar-refractivity contribution >= 4 is 39.1 Å². The van der Waals surface area contributed by atoms with Crippen molar-refractivity contribution in [1.29, 1.82) is 0 Å². The highest BCUT2D eigenvalue weighted by Gasteiger charge is 2.29. The van der Waals surface area contributed by atoms with Gasteiger partial charge in [0.05, 0.1) is 4.88 Å². The number of fused-ring (bicyclic) bond motifs is 1. The SMILES string of the molecule is O=C(CCCC1CCN(C(=O)[C@@H](CCO)NC(=O)c2cc3ccccc3s2)CC1)NO. The van der Waals surface area contributed by atoms with Gasteiger partial charge in [-0.15, -0.1) is 11.3 Å². The van der Waals surface area contributed by atoms with Crippen molar-refractivity contribution in [2.45, 2.75) is 44.6 Å². The van der Waals surface area contributed by atoms with Gasteiger partial charge in [-0.2, -0.15) is 0 Å². The number of nitrogens with one attached hydrogen (secondary N) is 2. The van der Waals surface area contributed by atoms with Gasteiger partial charge in [0, 0.05) is 30.8 Å². The number of aliphatic hydroxyl groups excluding tert-OH is 1. The molecule has 1 aliphatic rings. The van der Waals surface area contributed by atoms with Gasteiger partial charge in [-0.25, -0.2) is 5.48 Å². The Morgan fingerprint density at radius 3 is 2.61 bits per heavy atom. The highest BCUT2D eigenvalue weighted by Crippen LogP contribution is 2.26. The monoisotopic (exact) mass is 447 g/mol. The van der Waals surface area contributed by atoms with Gasteiger partial charge < -0.3 is 15.3 Å². The van der Waals surface area contributed by atoms with E-state index in [1.165, 1.54) is 11.3 Å². The van der Waals surface area contributed by atoms with E-state index in [2.05, 4.69) is 5.32 Å². The number of piperidine rings is 1. The quantitative estimate of drug-likeness (QED) is 0.347. The molecule has 1 saturated heterocycles. The molecule has 1 aromatic carbocycles. The van der Waals surface area contributed by atoms with Gasteiger partial charge in [-0.1, -0.05) is 18.2 Å². The van der Waals surface area contributed by atoms with Crippen LogP contribution in [0.15, 0.2) is 30.3 Å². The van der Waals surface area contributed by atoms with Crippen molar-refractivity contribution in [1.82, 2.24) is 15.7 Å². The summed E-state index contributed by atoms with van der Waals surface area (Å²) in [5.74, 6) is -0.416. The molecule has 1 aliphatic heterocycles. The van der Waals surface area contributed by atoms with Crippen LogP contribution in [0.3, 0.4) is 0 Å². The van der Waals surface area contributed by atoms with Crippen LogP contribution < -0.4 is 10.8 Å². The highest BCUT2D eigenvalue weighted by atomic mass is 32.1. The zero-order valence-corrected chi connectivity index (χ0v) is 18.2. The average molecular weight is 448 g/mol. The maximum absolute atomic E-state index is 13.0. The molecule has 8 nitrogen and oxygen atoms in total. The van der Waals surface area contributed by atoms with E-state index in [-0.39, 0.29) is 37.2 Å². The maximum atomic E-state index is 13.0. The summed E-state index contributed by atoms with van der Waals surface area (Å²) in [5, 5.41) is 21.8. The van der Waals surface area contributed by atoms with Crippen LogP contribution in [-0.2, 0) is 9.59 Å². The van der Waals surface area contributed by atoms with E-state index < -0.39 is 6.04 Å². The fraction of sp³-hybridized carbons (Fsp3) is 0.500. The summed E-state index contributed by atoms with van der Waals surface area (Å²) in [5.41, 5.74) is 1.64. The van der Waals surface area contributed by atoms with Crippen molar-refractivity contribution < 1.29 is 24.7 Å². The Morgan fingerprint density at radius 2 is 1.94 bits per heavy atom. The molecule has 168 valence electrons. The summed E-state index contributed by atoms with van der Waals surface area (Å²) < 4.78 is 1.01. The molecule has 2 heterocycles. The van der Waals surface area contributed by atoms with Gasteiger partial charge in [0.25, 0.3) is 5.91 Å². The Labute approximate surface area is 185 Å². The number of aliphatic hydroxyl groups is 1. The number of benzene rings is 1. The van der Waals surface area contributed by atoms with E-state index in [4.69, 9.17) is 5.21 Å². The number of nitrogens with zero attached hydrogens (tertiary/aromatic N) is 1. The van der Waals surface area contributed by atoms with Crippen LogP contribution in [0.2, 0.25) is 0 Å². The van der Waals surface area contributed by atoms with E-state index in [1.54, 1.807) is 10.4 Å². The minimum Gasteiger partial charge on any atom is -0.396 e. The van der Waals surface area contributed by atoms with Crippen LogP contribution in [0.25, 0.3) is 10.1 Å². The second kappa shape index (κ2) is 11.2. The molecule has 0 radical (unpaired) electrons. The van der Waals surface area contributed by atoms with Gasteiger partial charge >= 0.3 is 0 Å². The lowest BCUT2D eigenvalue weighted by Gasteiger charge is -2.34. The minimum absolute atomic E-state index is 0.165. The predicted octanol–water partition coefficient (Wildman–Crippen LogP) is 2.30. The van der Waals surface area contributed by atoms with Crippen LogP contribution in [0.1, 0.15) is 48.2 Å². The summed E-state index contributed by atoms with van der Waals surface area (Å²) in [6.45, 7) is 0.999. The molecule has 0 unspecified atom stereocenters. The summed E-state index contributed by atoms with van der Waals surface area (Å²) in [6, 6.07) is 8.79. The maximum Gasteiger partial charge on any atom is 0.262 e. The van der Waals surface area contributed by atoms with Crippen molar-refractivity contribution in [3.63, 3.8) is 0 Å². The number of carbonyl (C=O) groups is 3. The highest BCUT2D eigenvalue weighted by molar-refractivity contribution is 7.20. The van der Waals surface area contributed by atoms with Gasteiger partial charge in [0.15, 0.2) is 0 Å². The summed E-state index contributed by atoms with van der Waals surface area (Å²) in [6.07, 6.45) is 3.70. The Morgan fingerprint density at radius 1 is 1.19 bits per heavy atom. The molecule has 0 bridgehead atoms. The fourth-order valence-electron chi connectivity index (χ4n) is 3.98. The second-order valence-corrected chi connectivity index (χ2v) is 8.97. The normalized spacial score (nSPS) is 15.6. The van der Waals surface area contributed by atoms with Crippen LogP contribution in [-0.4, -0.2) is 58.7 Å². The number of hydrogen-bond acceptors (Lipinski definition) is 6. The van der Waals surface area contributed by atoms with Gasteiger partial charge in [-0.05, 0) is 55.5 Å². The lowest BCUT2D eigenvalue weighted by Crippen LogP contribution is -2.51. The van der Waals surface area contributed by atoms with E-state index >= 15 is 0 Å². The fourth-order valence-corrected chi connectivity index (χ4v) is 4.95. The zero-order chi connectivity index (χ0) is 22.2. The standard InChI is InChI=1S/C22H29N3O5S/c26-13-10-17(23-21(28)19-14-16-5-1-2-6-18(16)31-19)22(29)25-11-8-15(9-12-25)4-3-7-20(27)24-30/h1-2,5-6,14-15,17,26,30H,3-4,7-13H2,(H,23,28)(H,24,27)/t17-/m1/s1. The largest absolute Gasteiger partial charge is 0.396 e. The summed E-state index contributed by atoms with van der Waals surface area (Å²) in [7, 11) is 0. The topological polar surface area (TPSA) is 119 Å². The molecule has 9 heteroatoms. The molecule has 4 N–H and O–H groups in total. The van der Waals surface area contributed by atoms with Gasteiger partial charge in [0.1, 0.15) is 6.04 Å². The second-order valence-electron chi connectivity index (χ2n) is 7.88. The molecule has 1 aromatic heterocycles. The average Bonchev–Trinajstić information content (AvgIpc) is 3.23. The van der Waals surface area contributed by atoms with Crippen molar-refractivity contribution in [2.75, 3.05) is 19.7 Å². The van der Waals surface area contributed by atoms with Gasteiger partial charge in [0.2, 0.25) is 11.8 Å². The molecular weight excluding hydrogens is 418 g/mol. The first-order chi connectivity index (χ1) is 15.0. The van der Waals surface area contributed by atoms with E-state index in [1.807, 2.05) is 30.3 Å². The van der Waals surface area contributed by atoms with Crippen molar-refractivity contribution in [3.05, 3.63) is 35.2 Å². The zero-order valence-electron chi connectivity index (χ0n) is 17.4. The van der Waals surface area contributed by atoms with Crippen LogP contribution >= 0.6 is 11.3 Å². The Hall–Kier alpha value is -2.49. The van der Waals surface area contributed by atoms with Crippen LogP contribution in [0.4, 0.5) is 0 Å². The van der Waals surface area contributed by atoms with Gasteiger partial charge in [-0.3, -0.25) is 19.6 Å². The molecule has 2 aromatic rings. The van der Waals surface area contributed by atoms with E-state index in [0.29, 0.717) is 30.3 Å². The number of carbonyl (C=O) groups excluding carboxylic acids is 3. The molecule has 31 heavy (non-hydrogen) atoms. The lowest BCUT2D eigenvalue weighted by molar-refractivity contribution is -0.135. The number of rotatable bonds is 9. The first-order valence-electron chi connectivity index (χ1n) is 10.6. The number of amides is 3. The summed E-state index contributed by atoms with van der Waals surface area (Å²) in [4.78, 5) is 39.1. The van der Waals surface area contributed by atoms with E-state index in [9.17, 15) is 19.5 Å². The third kappa shape index (κ3) is 6.25.